The molecular weight excluding hydrogens is 256 g/mol. The van der Waals surface area contributed by atoms with Crippen LogP contribution in [0.2, 0.25) is 0 Å². The van der Waals surface area contributed by atoms with Crippen molar-refractivity contribution >= 4 is 11.8 Å². The molecule has 106 valence electrons. The molecule has 0 bridgehead atoms. The van der Waals surface area contributed by atoms with Crippen molar-refractivity contribution in [1.29, 1.82) is 0 Å². The molecule has 1 saturated carbocycles. The number of carbonyl (C=O) groups excluding carboxylic acids is 2. The van der Waals surface area contributed by atoms with E-state index < -0.39 is 6.10 Å². The van der Waals surface area contributed by atoms with E-state index >= 15 is 0 Å². The van der Waals surface area contributed by atoms with E-state index in [-0.39, 0.29) is 24.8 Å². The van der Waals surface area contributed by atoms with Crippen LogP contribution in [0, 0.1) is 0 Å². The summed E-state index contributed by atoms with van der Waals surface area (Å²) < 4.78 is 0. The number of nitrogens with one attached hydrogen (secondary N) is 1. The minimum atomic E-state index is -0.714. The number of nitrogens with zero attached hydrogens (tertiary/aromatic N) is 1. The number of hydrogen-bond acceptors (Lipinski definition) is 4. The molecule has 1 aromatic carbocycles. The summed E-state index contributed by atoms with van der Waals surface area (Å²) in [5.74, 6) is -0.540. The van der Waals surface area contributed by atoms with Gasteiger partial charge >= 0.3 is 0 Å². The fourth-order valence-electron chi connectivity index (χ4n) is 2.45. The molecule has 1 unspecified atom stereocenters. The van der Waals surface area contributed by atoms with Gasteiger partial charge in [-0.25, -0.2) is 0 Å². The van der Waals surface area contributed by atoms with Crippen molar-refractivity contribution in [2.75, 3.05) is 13.1 Å². The lowest BCUT2D eigenvalue weighted by molar-refractivity contribution is -0.129. The van der Waals surface area contributed by atoms with E-state index in [9.17, 15) is 14.7 Å². The summed E-state index contributed by atoms with van der Waals surface area (Å²) in [7, 11) is 0. The van der Waals surface area contributed by atoms with E-state index in [1.54, 1.807) is 18.2 Å². The van der Waals surface area contributed by atoms with Crippen LogP contribution in [0.25, 0.3) is 0 Å². The van der Waals surface area contributed by atoms with Gasteiger partial charge in [0.2, 0.25) is 5.91 Å². The fourth-order valence-corrected chi connectivity index (χ4v) is 2.45. The molecular formula is C15H18N2O3. The van der Waals surface area contributed by atoms with E-state index in [1.807, 2.05) is 6.07 Å². The third-order valence-electron chi connectivity index (χ3n) is 3.75. The number of aliphatic hydroxyl groups is 1. The molecule has 1 fully saturated rings. The van der Waals surface area contributed by atoms with Crippen LogP contribution in [0.1, 0.15) is 28.8 Å². The molecule has 1 heterocycles. The van der Waals surface area contributed by atoms with Crippen LogP contribution >= 0.6 is 0 Å². The average molecular weight is 274 g/mol. The predicted octanol–water partition coefficient (Wildman–Crippen LogP) is 0.324. The molecule has 0 saturated heterocycles. The maximum absolute atomic E-state index is 12.3. The second kappa shape index (κ2) is 5.34. The quantitative estimate of drug-likeness (QED) is 0.759. The van der Waals surface area contributed by atoms with Crippen LogP contribution in [0.15, 0.2) is 24.3 Å². The van der Waals surface area contributed by atoms with Gasteiger partial charge in [0, 0.05) is 18.2 Å². The Bertz CT molecular complexity index is 540. The van der Waals surface area contributed by atoms with E-state index in [2.05, 4.69) is 5.32 Å². The third kappa shape index (κ3) is 2.73. The van der Waals surface area contributed by atoms with Gasteiger partial charge in [0.1, 0.15) is 0 Å². The molecule has 2 N–H and O–H groups in total. The molecule has 5 heteroatoms. The number of β-amino-alcohol motifs (C(OH)–C–C–N with tert-alkyl or cyclic N) is 1. The fraction of sp³-hybridized carbons (Fsp3) is 0.467. The summed E-state index contributed by atoms with van der Waals surface area (Å²) >= 11 is 0. The molecule has 0 radical (unpaired) electrons. The zero-order chi connectivity index (χ0) is 14.1. The average Bonchev–Trinajstić information content (AvgIpc) is 3.25. The Labute approximate surface area is 117 Å². The summed E-state index contributed by atoms with van der Waals surface area (Å²) in [5.41, 5.74) is 1.33. The molecule has 20 heavy (non-hydrogen) atoms. The number of hydrogen-bond donors (Lipinski definition) is 2. The predicted molar refractivity (Wildman–Crippen MR) is 73.2 cm³/mol. The van der Waals surface area contributed by atoms with Crippen LogP contribution in [0.3, 0.4) is 0 Å². The first-order valence-corrected chi connectivity index (χ1v) is 6.99. The second-order valence-electron chi connectivity index (χ2n) is 5.48. The van der Waals surface area contributed by atoms with Gasteiger partial charge in [-0.2, -0.15) is 0 Å². The smallest absolute Gasteiger partial charge is 0.260 e. The second-order valence-corrected chi connectivity index (χ2v) is 5.48. The molecule has 0 spiro atoms. The van der Waals surface area contributed by atoms with Crippen molar-refractivity contribution in [3.05, 3.63) is 35.4 Å². The number of amides is 2. The van der Waals surface area contributed by atoms with Gasteiger partial charge in [0.25, 0.3) is 5.91 Å². The lowest BCUT2D eigenvalue weighted by Gasteiger charge is -2.28. The maximum Gasteiger partial charge on any atom is 0.260 e. The molecule has 2 aliphatic rings. The Morgan fingerprint density at radius 2 is 2.05 bits per heavy atom. The molecule has 0 aromatic heterocycles. The highest BCUT2D eigenvalue weighted by molar-refractivity contribution is 6.09. The third-order valence-corrected chi connectivity index (χ3v) is 3.75. The van der Waals surface area contributed by atoms with Crippen LogP contribution in [-0.2, 0) is 11.2 Å². The summed E-state index contributed by atoms with van der Waals surface area (Å²) in [6, 6.07) is 7.64. The van der Waals surface area contributed by atoms with Crippen molar-refractivity contribution in [3.8, 4) is 0 Å². The summed E-state index contributed by atoms with van der Waals surface area (Å²) in [6.45, 7) is 0.481. The number of rotatable bonds is 5. The molecule has 5 nitrogen and oxygen atoms in total. The highest BCUT2D eigenvalue weighted by atomic mass is 16.3. The largest absolute Gasteiger partial charge is 0.390 e. The molecule has 1 aromatic rings. The van der Waals surface area contributed by atoms with Gasteiger partial charge < -0.3 is 10.4 Å². The number of imide groups is 1. The van der Waals surface area contributed by atoms with E-state index in [4.69, 9.17) is 0 Å². The van der Waals surface area contributed by atoms with Gasteiger partial charge in [0.15, 0.2) is 0 Å². The lowest BCUT2D eigenvalue weighted by Crippen LogP contribution is -2.48. The zero-order valence-electron chi connectivity index (χ0n) is 11.2. The van der Waals surface area contributed by atoms with Crippen LogP contribution in [0.5, 0.6) is 0 Å². The summed E-state index contributed by atoms with van der Waals surface area (Å²) in [5, 5.41) is 13.1. The highest BCUT2D eigenvalue weighted by Gasteiger charge is 2.32. The highest BCUT2D eigenvalue weighted by Crippen LogP contribution is 2.20. The number of benzene rings is 1. The van der Waals surface area contributed by atoms with Crippen molar-refractivity contribution in [3.63, 3.8) is 0 Å². The van der Waals surface area contributed by atoms with Gasteiger partial charge in [-0.1, -0.05) is 18.2 Å². The Morgan fingerprint density at radius 3 is 2.80 bits per heavy atom. The molecule has 1 aliphatic carbocycles. The first kappa shape index (κ1) is 13.3. The Morgan fingerprint density at radius 1 is 1.30 bits per heavy atom. The summed E-state index contributed by atoms with van der Waals surface area (Å²) in [6.07, 6.45) is 1.79. The van der Waals surface area contributed by atoms with E-state index in [0.717, 1.165) is 18.4 Å². The lowest BCUT2D eigenvalue weighted by atomic mass is 9.98. The van der Waals surface area contributed by atoms with Crippen molar-refractivity contribution < 1.29 is 14.7 Å². The molecule has 2 amide bonds. The Balaban J connectivity index is 1.66. The van der Waals surface area contributed by atoms with Crippen molar-refractivity contribution in [2.24, 2.45) is 0 Å². The van der Waals surface area contributed by atoms with Crippen LogP contribution < -0.4 is 5.32 Å². The van der Waals surface area contributed by atoms with Crippen LogP contribution in [-0.4, -0.2) is 47.1 Å². The Kier molecular flexibility index (Phi) is 3.54. The van der Waals surface area contributed by atoms with E-state index in [0.29, 0.717) is 18.2 Å². The first-order chi connectivity index (χ1) is 9.65. The zero-order valence-corrected chi connectivity index (χ0v) is 11.2. The Hall–Kier alpha value is -1.72. The number of aliphatic hydroxyl groups excluding tert-OH is 1. The first-order valence-electron chi connectivity index (χ1n) is 6.99. The SMILES string of the molecule is O=C1Cc2ccccc2C(=O)N1CC(O)CNC1CC1. The van der Waals surface area contributed by atoms with Crippen molar-refractivity contribution in [2.45, 2.75) is 31.4 Å². The normalized spacial score (nSPS) is 19.9. The van der Waals surface area contributed by atoms with Gasteiger partial charge in [-0.15, -0.1) is 0 Å². The summed E-state index contributed by atoms with van der Waals surface area (Å²) in [4.78, 5) is 25.5. The standard InChI is InChI=1S/C15H18N2O3/c18-12(8-16-11-5-6-11)9-17-14(19)7-10-3-1-2-4-13(10)15(17)20/h1-4,11-12,16,18H,5-9H2. The van der Waals surface area contributed by atoms with Gasteiger partial charge in [-0.05, 0) is 24.5 Å². The molecule has 3 rings (SSSR count). The molecule has 1 atom stereocenters. The minimum Gasteiger partial charge on any atom is -0.390 e. The van der Waals surface area contributed by atoms with Gasteiger partial charge in [-0.3, -0.25) is 14.5 Å². The van der Waals surface area contributed by atoms with Crippen LogP contribution in [0.4, 0.5) is 0 Å². The van der Waals surface area contributed by atoms with Gasteiger partial charge in [0.05, 0.1) is 19.1 Å². The minimum absolute atomic E-state index is 0.0612. The topological polar surface area (TPSA) is 69.6 Å². The maximum atomic E-state index is 12.3. The number of carbonyl (C=O) groups is 2. The number of fused-ring (bicyclic) bond motifs is 1. The monoisotopic (exact) mass is 274 g/mol. The van der Waals surface area contributed by atoms with Crippen molar-refractivity contribution in [1.82, 2.24) is 10.2 Å². The van der Waals surface area contributed by atoms with E-state index in [1.165, 1.54) is 4.90 Å². The molecule has 1 aliphatic heterocycles.